The molecule has 2 N–H and O–H groups in total. The molecular formula is C10H17N3O3. The van der Waals surface area contributed by atoms with Crippen LogP contribution >= 0.6 is 0 Å². The number of ether oxygens (including phenoxy) is 2. The zero-order valence-corrected chi connectivity index (χ0v) is 9.39. The highest BCUT2D eigenvalue weighted by Gasteiger charge is 1.97. The second kappa shape index (κ2) is 6.97. The van der Waals surface area contributed by atoms with Crippen molar-refractivity contribution in [3.63, 3.8) is 0 Å². The lowest BCUT2D eigenvalue weighted by atomic mass is 10.5. The topological polar surface area (TPSA) is 79.4 Å². The lowest BCUT2D eigenvalue weighted by Crippen LogP contribution is -2.25. The van der Waals surface area contributed by atoms with Crippen LogP contribution < -0.4 is 11.3 Å². The second-order valence-corrected chi connectivity index (χ2v) is 3.28. The molecule has 0 unspecified atom stereocenters. The molecule has 0 saturated carbocycles. The first-order valence-electron chi connectivity index (χ1n) is 5.14. The Bertz CT molecular complexity index is 365. The number of hydrogen-bond donors (Lipinski definition) is 1. The molecule has 1 aromatic rings. The van der Waals surface area contributed by atoms with Crippen LogP contribution in [-0.2, 0) is 16.0 Å². The third-order valence-electron chi connectivity index (χ3n) is 1.97. The van der Waals surface area contributed by atoms with Gasteiger partial charge in [-0.25, -0.2) is 4.68 Å². The van der Waals surface area contributed by atoms with Crippen molar-refractivity contribution in [1.29, 1.82) is 0 Å². The fourth-order valence-corrected chi connectivity index (χ4v) is 1.18. The molecule has 0 aliphatic heterocycles. The normalized spacial score (nSPS) is 10.6. The maximum Gasteiger partial charge on any atom is 0.266 e. The molecular weight excluding hydrogens is 210 g/mol. The Morgan fingerprint density at radius 2 is 2.19 bits per heavy atom. The fourth-order valence-electron chi connectivity index (χ4n) is 1.18. The van der Waals surface area contributed by atoms with Crippen molar-refractivity contribution >= 4 is 5.82 Å². The molecule has 0 atom stereocenters. The van der Waals surface area contributed by atoms with E-state index >= 15 is 0 Å². The van der Waals surface area contributed by atoms with Crippen molar-refractivity contribution in [2.24, 2.45) is 0 Å². The Morgan fingerprint density at radius 3 is 2.94 bits per heavy atom. The minimum absolute atomic E-state index is 0.172. The smallest absolute Gasteiger partial charge is 0.266 e. The number of nitrogen functional groups attached to an aromatic ring is 1. The molecule has 6 nitrogen and oxygen atoms in total. The molecule has 1 rings (SSSR count). The molecule has 0 bridgehead atoms. The summed E-state index contributed by atoms with van der Waals surface area (Å²) >= 11 is 0. The molecule has 0 saturated heterocycles. The molecule has 16 heavy (non-hydrogen) atoms. The van der Waals surface area contributed by atoms with Crippen LogP contribution in [0.4, 0.5) is 5.82 Å². The van der Waals surface area contributed by atoms with Gasteiger partial charge in [0.05, 0.1) is 13.2 Å². The number of anilines is 1. The Morgan fingerprint density at radius 1 is 1.38 bits per heavy atom. The largest absolute Gasteiger partial charge is 0.385 e. The lowest BCUT2D eigenvalue weighted by molar-refractivity contribution is 0.0955. The molecule has 0 spiro atoms. The maximum atomic E-state index is 11.3. The molecule has 90 valence electrons. The van der Waals surface area contributed by atoms with Crippen molar-refractivity contribution in [3.8, 4) is 0 Å². The average molecular weight is 227 g/mol. The van der Waals surface area contributed by atoms with Gasteiger partial charge in [0.25, 0.3) is 5.56 Å². The van der Waals surface area contributed by atoms with E-state index in [9.17, 15) is 4.79 Å². The molecule has 0 radical (unpaired) electrons. The van der Waals surface area contributed by atoms with E-state index in [4.69, 9.17) is 15.2 Å². The van der Waals surface area contributed by atoms with E-state index in [0.717, 1.165) is 6.42 Å². The molecule has 0 fully saturated rings. The average Bonchev–Trinajstić information content (AvgIpc) is 2.28. The molecule has 0 aliphatic carbocycles. The van der Waals surface area contributed by atoms with Gasteiger partial charge in [0, 0.05) is 26.4 Å². The van der Waals surface area contributed by atoms with Crippen molar-refractivity contribution in [3.05, 3.63) is 22.5 Å². The van der Waals surface area contributed by atoms with E-state index in [0.29, 0.717) is 32.2 Å². The molecule has 0 aliphatic rings. The van der Waals surface area contributed by atoms with Crippen molar-refractivity contribution in [2.75, 3.05) is 32.7 Å². The summed E-state index contributed by atoms with van der Waals surface area (Å²) in [5.41, 5.74) is 5.30. The zero-order valence-electron chi connectivity index (χ0n) is 9.39. The third-order valence-corrected chi connectivity index (χ3v) is 1.97. The second-order valence-electron chi connectivity index (χ2n) is 3.28. The summed E-state index contributed by atoms with van der Waals surface area (Å²) in [5, 5.41) is 3.88. The van der Waals surface area contributed by atoms with Gasteiger partial charge in [0.1, 0.15) is 5.82 Å². The highest BCUT2D eigenvalue weighted by Crippen LogP contribution is 1.90. The molecule has 0 aromatic carbocycles. The van der Waals surface area contributed by atoms with Crippen LogP contribution in [0.5, 0.6) is 0 Å². The van der Waals surface area contributed by atoms with E-state index in [2.05, 4.69) is 5.10 Å². The Kier molecular flexibility index (Phi) is 5.52. The highest BCUT2D eigenvalue weighted by molar-refractivity contribution is 5.23. The number of nitrogens with two attached hydrogens (primary N) is 1. The van der Waals surface area contributed by atoms with E-state index in [1.54, 1.807) is 7.11 Å². The minimum Gasteiger partial charge on any atom is -0.385 e. The van der Waals surface area contributed by atoms with Gasteiger partial charge in [-0.2, -0.15) is 5.10 Å². The van der Waals surface area contributed by atoms with Crippen molar-refractivity contribution < 1.29 is 9.47 Å². The van der Waals surface area contributed by atoms with Gasteiger partial charge in [0.2, 0.25) is 0 Å². The molecule has 1 heterocycles. The monoisotopic (exact) mass is 227 g/mol. The Balaban J connectivity index is 2.26. The summed E-state index contributed by atoms with van der Waals surface area (Å²) in [6, 6.07) is 2.88. The first-order chi connectivity index (χ1) is 7.74. The van der Waals surface area contributed by atoms with Crippen LogP contribution in [0, 0.1) is 0 Å². The summed E-state index contributed by atoms with van der Waals surface area (Å²) in [7, 11) is 1.65. The van der Waals surface area contributed by atoms with Crippen LogP contribution in [0.15, 0.2) is 16.9 Å². The van der Waals surface area contributed by atoms with E-state index in [-0.39, 0.29) is 5.56 Å². The fraction of sp³-hybridized carbons (Fsp3) is 0.600. The van der Waals surface area contributed by atoms with Gasteiger partial charge < -0.3 is 15.2 Å². The lowest BCUT2D eigenvalue weighted by Gasteiger charge is -2.06. The SMILES string of the molecule is COCCCOCCn1nc(N)ccc1=O. The highest BCUT2D eigenvalue weighted by atomic mass is 16.5. The minimum atomic E-state index is -0.172. The van der Waals surface area contributed by atoms with Gasteiger partial charge in [-0.15, -0.1) is 0 Å². The van der Waals surface area contributed by atoms with Crippen LogP contribution in [0.25, 0.3) is 0 Å². The summed E-state index contributed by atoms with van der Waals surface area (Å²) in [6.45, 7) is 2.15. The first kappa shape index (κ1) is 12.7. The van der Waals surface area contributed by atoms with Crippen LogP contribution in [0.1, 0.15) is 6.42 Å². The summed E-state index contributed by atoms with van der Waals surface area (Å²) in [6.07, 6.45) is 0.843. The molecule has 0 amide bonds. The summed E-state index contributed by atoms with van der Waals surface area (Å²) < 4.78 is 11.5. The number of hydrogen-bond acceptors (Lipinski definition) is 5. The van der Waals surface area contributed by atoms with Crippen LogP contribution in [-0.4, -0.2) is 36.7 Å². The van der Waals surface area contributed by atoms with Crippen molar-refractivity contribution in [1.82, 2.24) is 9.78 Å². The standard InChI is InChI=1S/C10H17N3O3/c1-15-6-2-7-16-8-5-13-10(14)4-3-9(11)12-13/h3-4H,2,5-8H2,1H3,(H2,11,12). The number of aromatic nitrogens is 2. The van der Waals surface area contributed by atoms with E-state index < -0.39 is 0 Å². The van der Waals surface area contributed by atoms with E-state index in [1.165, 1.54) is 16.8 Å². The Labute approximate surface area is 94.0 Å². The molecule has 6 heteroatoms. The predicted octanol–water partition coefficient (Wildman–Crippen LogP) is -0.121. The van der Waals surface area contributed by atoms with Gasteiger partial charge in [-0.1, -0.05) is 0 Å². The number of methoxy groups -OCH3 is 1. The number of nitrogens with zero attached hydrogens (tertiary/aromatic N) is 2. The molecule has 1 aromatic heterocycles. The predicted molar refractivity (Wildman–Crippen MR) is 60.2 cm³/mol. The van der Waals surface area contributed by atoms with E-state index in [1.807, 2.05) is 0 Å². The maximum absolute atomic E-state index is 11.3. The summed E-state index contributed by atoms with van der Waals surface area (Å²) in [4.78, 5) is 11.3. The van der Waals surface area contributed by atoms with Gasteiger partial charge >= 0.3 is 0 Å². The Hall–Kier alpha value is -1.40. The quantitative estimate of drug-likeness (QED) is 0.657. The van der Waals surface area contributed by atoms with Crippen molar-refractivity contribution in [2.45, 2.75) is 13.0 Å². The number of rotatable bonds is 7. The third kappa shape index (κ3) is 4.41. The first-order valence-corrected chi connectivity index (χ1v) is 5.14. The van der Waals surface area contributed by atoms with Gasteiger partial charge in [0.15, 0.2) is 0 Å². The van der Waals surface area contributed by atoms with Gasteiger partial charge in [-0.3, -0.25) is 4.79 Å². The van der Waals surface area contributed by atoms with Crippen LogP contribution in [0.3, 0.4) is 0 Å². The van der Waals surface area contributed by atoms with Crippen LogP contribution in [0.2, 0.25) is 0 Å². The van der Waals surface area contributed by atoms with Gasteiger partial charge in [-0.05, 0) is 12.5 Å². The summed E-state index contributed by atoms with van der Waals surface area (Å²) in [5.74, 6) is 0.332. The zero-order chi connectivity index (χ0) is 11.8.